The van der Waals surface area contributed by atoms with Gasteiger partial charge in [0, 0.05) is 5.56 Å². The number of hydrogen-bond donors (Lipinski definition) is 0. The topological polar surface area (TPSA) is 17.1 Å². The average Bonchev–Trinajstić information content (AvgIpc) is 3.04. The number of rotatable bonds is 1. The highest BCUT2D eigenvalue weighted by atomic mass is 33.8. The first kappa shape index (κ1) is 18.4. The number of ketones is 1. The van der Waals surface area contributed by atoms with Crippen LogP contribution in [0.3, 0.4) is 0 Å². The van der Waals surface area contributed by atoms with Crippen molar-refractivity contribution in [2.45, 2.75) is 16.4 Å². The van der Waals surface area contributed by atoms with E-state index in [0.717, 1.165) is 10.9 Å². The minimum atomic E-state index is -0.209. The third kappa shape index (κ3) is 1.91. The van der Waals surface area contributed by atoms with Crippen LogP contribution >= 0.6 is 51.1 Å². The van der Waals surface area contributed by atoms with Gasteiger partial charge >= 0.3 is 0 Å². The smallest absolute Gasteiger partial charge is 0.160 e. The lowest BCUT2D eigenvalue weighted by Gasteiger charge is -2.40. The Hall–Kier alpha value is -1.18. The Morgan fingerprint density at radius 1 is 0.667 bits per heavy atom. The lowest BCUT2D eigenvalue weighted by Crippen LogP contribution is -2.37. The van der Waals surface area contributed by atoms with Crippen molar-refractivity contribution in [2.75, 3.05) is 0 Å². The summed E-state index contributed by atoms with van der Waals surface area (Å²) in [4.78, 5) is 12.4. The second kappa shape index (κ2) is 6.20. The molecule has 0 N–H and O–H groups in total. The van der Waals surface area contributed by atoms with E-state index in [-0.39, 0.29) is 15.3 Å². The van der Waals surface area contributed by atoms with E-state index >= 15 is 0 Å². The fraction of sp³-hybridized carbons (Fsp3) is 0.125. The molecule has 2 aliphatic carbocycles. The van der Waals surface area contributed by atoms with Crippen LogP contribution in [0.5, 0.6) is 0 Å². The van der Waals surface area contributed by atoms with Crippen LogP contribution in [-0.2, 0) is 9.49 Å². The van der Waals surface area contributed by atoms with Gasteiger partial charge in [0.1, 0.15) is 9.49 Å². The summed E-state index contributed by atoms with van der Waals surface area (Å²) < 4.78 is -0.418. The Kier molecular flexibility index (Phi) is 3.80. The Bertz CT molecular complexity index is 1370. The Morgan fingerprint density at radius 3 is 1.87 bits per heavy atom. The van der Waals surface area contributed by atoms with E-state index in [1.165, 1.54) is 38.4 Å². The minimum absolute atomic E-state index is 0.132. The average molecular weight is 479 g/mol. The molecule has 0 unspecified atom stereocenters. The highest BCUT2D eigenvalue weighted by Gasteiger charge is 2.67. The van der Waals surface area contributed by atoms with Gasteiger partial charge in [0.05, 0.1) is 0 Å². The molecule has 2 atom stereocenters. The third-order valence-electron chi connectivity index (χ3n) is 6.71. The molecule has 0 spiro atoms. The number of carbonyl (C=O) groups excluding carboxylic acids is 1. The van der Waals surface area contributed by atoms with Crippen molar-refractivity contribution in [1.29, 1.82) is 0 Å². The number of benzene rings is 4. The van der Waals surface area contributed by atoms with Crippen LogP contribution in [0.1, 0.15) is 39.5 Å². The Labute approximate surface area is 193 Å². The zero-order valence-corrected chi connectivity index (χ0v) is 19.9. The first-order valence-corrected chi connectivity index (χ1v) is 15.8. The van der Waals surface area contributed by atoms with E-state index in [1.807, 2.05) is 51.1 Å². The van der Waals surface area contributed by atoms with Crippen molar-refractivity contribution in [1.82, 2.24) is 0 Å². The fourth-order valence-corrected chi connectivity index (χ4v) is 17.4. The Morgan fingerprint density at radius 2 is 1.23 bits per heavy atom. The van der Waals surface area contributed by atoms with Crippen molar-refractivity contribution in [3.63, 3.8) is 0 Å². The van der Waals surface area contributed by atoms with Gasteiger partial charge in [-0.2, -0.15) is 0 Å². The van der Waals surface area contributed by atoms with Crippen LogP contribution < -0.4 is 0 Å². The standard InChI is InChI=1S/C24H14OS5/c1-13(25)15-11-12-20-22-16(15)7-4-10-19(22)23-17-8-2-5-14-6-3-9-18(21(14)17)24(20,23)27-29-30-28-26-23/h2-12H,1H3/t23-,24+/m0/s1. The molecule has 1 saturated heterocycles. The highest BCUT2D eigenvalue weighted by molar-refractivity contribution is 9.36. The zero-order valence-electron chi connectivity index (χ0n) is 15.8. The molecule has 0 saturated carbocycles. The van der Waals surface area contributed by atoms with Gasteiger partial charge in [-0.25, -0.2) is 0 Å². The molecule has 4 aromatic carbocycles. The molecule has 6 heteroatoms. The number of Topliss-reactive ketones (excluding diaryl/α,β-unsaturated/α-hetero) is 1. The molecule has 7 rings (SSSR count). The quantitative estimate of drug-likeness (QED) is 0.200. The van der Waals surface area contributed by atoms with Gasteiger partial charge in [0.15, 0.2) is 5.78 Å². The van der Waals surface area contributed by atoms with E-state index in [4.69, 9.17) is 0 Å². The molecular weight excluding hydrogens is 465 g/mol. The lowest BCUT2D eigenvalue weighted by atomic mass is 9.85. The normalized spacial score (nSPS) is 25.9. The summed E-state index contributed by atoms with van der Waals surface area (Å²) >= 11 is 0. The molecule has 1 aliphatic heterocycles. The van der Waals surface area contributed by atoms with Gasteiger partial charge in [0.2, 0.25) is 0 Å². The van der Waals surface area contributed by atoms with E-state index in [9.17, 15) is 4.79 Å². The van der Waals surface area contributed by atoms with Crippen LogP contribution in [0.2, 0.25) is 0 Å². The first-order valence-electron chi connectivity index (χ1n) is 9.67. The molecule has 1 heterocycles. The summed E-state index contributed by atoms with van der Waals surface area (Å²) in [6.07, 6.45) is 0. The van der Waals surface area contributed by atoms with Crippen molar-refractivity contribution in [2.24, 2.45) is 0 Å². The van der Waals surface area contributed by atoms with Crippen molar-refractivity contribution < 1.29 is 4.79 Å². The summed E-state index contributed by atoms with van der Waals surface area (Å²) in [5.41, 5.74) is 6.37. The zero-order chi connectivity index (χ0) is 20.1. The van der Waals surface area contributed by atoms with E-state index in [2.05, 4.69) is 66.7 Å². The number of carbonyl (C=O) groups is 1. The van der Waals surface area contributed by atoms with E-state index in [0.29, 0.717) is 0 Å². The molecule has 0 aromatic heterocycles. The van der Waals surface area contributed by atoms with Crippen molar-refractivity contribution >= 4 is 78.4 Å². The van der Waals surface area contributed by atoms with Gasteiger partial charge < -0.3 is 0 Å². The monoisotopic (exact) mass is 478 g/mol. The van der Waals surface area contributed by atoms with Crippen LogP contribution in [0, 0.1) is 0 Å². The van der Waals surface area contributed by atoms with E-state index in [1.54, 1.807) is 6.92 Å². The second-order valence-corrected chi connectivity index (χ2v) is 15.8. The van der Waals surface area contributed by atoms with Crippen LogP contribution in [-0.4, -0.2) is 5.78 Å². The van der Waals surface area contributed by atoms with Crippen molar-refractivity contribution in [3.8, 4) is 0 Å². The van der Waals surface area contributed by atoms with E-state index < -0.39 is 0 Å². The SMILES string of the molecule is CC(=O)c1ccc2c3c(cccc13)[C@]13SSSSS[C@]21c1cccc2cccc3c12. The summed E-state index contributed by atoms with van der Waals surface area (Å²) in [5.74, 6) is 0.132. The largest absolute Gasteiger partial charge is 0.294 e. The molecule has 1 fully saturated rings. The molecule has 0 radical (unpaired) electrons. The predicted octanol–water partition coefficient (Wildman–Crippen LogP) is 8.35. The summed E-state index contributed by atoms with van der Waals surface area (Å²) in [5, 5.41) is 5.10. The third-order valence-corrected chi connectivity index (χ3v) is 16.5. The van der Waals surface area contributed by atoms with Crippen LogP contribution in [0.15, 0.2) is 66.7 Å². The molecule has 0 bridgehead atoms. The second-order valence-electron chi connectivity index (χ2n) is 7.89. The molecule has 146 valence electrons. The van der Waals surface area contributed by atoms with Gasteiger partial charge in [-0.1, -0.05) is 88.3 Å². The predicted molar refractivity (Wildman–Crippen MR) is 137 cm³/mol. The van der Waals surface area contributed by atoms with Crippen LogP contribution in [0.25, 0.3) is 21.5 Å². The minimum Gasteiger partial charge on any atom is -0.294 e. The van der Waals surface area contributed by atoms with Gasteiger partial charge in [-0.05, 0) is 80.2 Å². The first-order chi connectivity index (χ1) is 14.7. The summed E-state index contributed by atoms with van der Waals surface area (Å²) in [6, 6.07) is 24.4. The van der Waals surface area contributed by atoms with Crippen LogP contribution in [0.4, 0.5) is 0 Å². The highest BCUT2D eigenvalue weighted by Crippen LogP contribution is 2.81. The van der Waals surface area contributed by atoms with Gasteiger partial charge in [-0.15, -0.1) is 0 Å². The fourth-order valence-electron chi connectivity index (χ4n) is 5.72. The summed E-state index contributed by atoms with van der Waals surface area (Å²) in [7, 11) is 9.61. The molecule has 30 heavy (non-hydrogen) atoms. The molecule has 3 aliphatic rings. The Balaban J connectivity index is 1.74. The summed E-state index contributed by atoms with van der Waals surface area (Å²) in [6.45, 7) is 1.68. The maximum atomic E-state index is 12.4. The van der Waals surface area contributed by atoms with Crippen molar-refractivity contribution in [3.05, 3.63) is 94.5 Å². The maximum Gasteiger partial charge on any atom is 0.160 e. The molecular formula is C24H14OS5. The van der Waals surface area contributed by atoms with Gasteiger partial charge in [0.25, 0.3) is 0 Å². The molecule has 0 amide bonds. The lowest BCUT2D eigenvalue weighted by molar-refractivity contribution is 0.101. The van der Waals surface area contributed by atoms with Gasteiger partial charge in [-0.3, -0.25) is 4.79 Å². The number of hydrogen-bond acceptors (Lipinski definition) is 6. The molecule has 4 aromatic rings. The molecule has 1 nitrogen and oxygen atoms in total. The maximum absolute atomic E-state index is 12.4.